The molecule has 1 unspecified atom stereocenters. The van der Waals surface area contributed by atoms with E-state index in [0.29, 0.717) is 17.1 Å². The van der Waals surface area contributed by atoms with Gasteiger partial charge in [0.1, 0.15) is 27.9 Å². The lowest BCUT2D eigenvalue weighted by Gasteiger charge is -2.42. The number of rotatable bonds is 3. The van der Waals surface area contributed by atoms with E-state index in [2.05, 4.69) is 5.32 Å². The van der Waals surface area contributed by atoms with Crippen LogP contribution in [0, 0.1) is 19.8 Å². The molecule has 0 bridgehead atoms. The third kappa shape index (κ3) is 3.44. The predicted molar refractivity (Wildman–Crippen MR) is 156 cm³/mol. The van der Waals surface area contributed by atoms with E-state index in [1.165, 1.54) is 31.9 Å². The fourth-order valence-corrected chi connectivity index (χ4v) is 6.73. The summed E-state index contributed by atoms with van der Waals surface area (Å²) in [5.41, 5.74) is 0.771. The van der Waals surface area contributed by atoms with E-state index >= 15 is 0 Å². The highest BCUT2D eigenvalue weighted by molar-refractivity contribution is 6.36. The number of fused-ring (bicyclic) bond motifs is 2. The topological polar surface area (TPSA) is 118 Å². The fourth-order valence-electron chi connectivity index (χ4n) is 6.47. The summed E-state index contributed by atoms with van der Waals surface area (Å²) in [6.45, 7) is 5.68. The van der Waals surface area contributed by atoms with E-state index in [-0.39, 0.29) is 45.4 Å². The number of hydrogen-bond donors (Lipinski definition) is 1. The minimum atomic E-state index is -1.95. The number of aryl methyl sites for hydroxylation is 2. The first kappa shape index (κ1) is 27.8. The lowest BCUT2D eigenvalue weighted by Crippen LogP contribution is -2.58. The van der Waals surface area contributed by atoms with Crippen molar-refractivity contribution in [3.8, 4) is 17.2 Å². The minimum Gasteiger partial charge on any atom is -0.496 e. The standard InChI is InChI=1S/C31H30ClN3O7/c1-13-8-9-16(10-14(13)2)20-21-17(33-28-23(20)29(38)35(5)30(39)34(28)4)11-15(3)31(26(21)36)27(37)22-18(40-6)12-19(41-7)24(32)25(22)42-31/h8-10,12,15,20,33H,11H2,1-7H3/t15-,20?,31+/m1/s1. The Labute approximate surface area is 246 Å². The van der Waals surface area contributed by atoms with E-state index in [4.69, 9.17) is 25.8 Å². The normalized spacial score (nSPS) is 22.4. The number of Topliss-reactive ketones (excluding diaryl/α,β-unsaturated/α-hetero) is 2. The van der Waals surface area contributed by atoms with Gasteiger partial charge in [-0.3, -0.25) is 23.5 Å². The van der Waals surface area contributed by atoms with Crippen molar-refractivity contribution in [3.05, 3.63) is 89.2 Å². The first-order valence-electron chi connectivity index (χ1n) is 13.5. The van der Waals surface area contributed by atoms with Gasteiger partial charge in [0.25, 0.3) is 5.56 Å². The van der Waals surface area contributed by atoms with Gasteiger partial charge in [-0.15, -0.1) is 0 Å². The lowest BCUT2D eigenvalue weighted by molar-refractivity contribution is -0.130. The second-order valence-electron chi connectivity index (χ2n) is 11.2. The number of allylic oxidation sites excluding steroid dienone is 1. The van der Waals surface area contributed by atoms with E-state index in [0.717, 1.165) is 15.7 Å². The van der Waals surface area contributed by atoms with Crippen LogP contribution in [-0.4, -0.2) is 40.5 Å². The number of anilines is 1. The molecule has 0 saturated carbocycles. The van der Waals surface area contributed by atoms with E-state index < -0.39 is 40.3 Å². The van der Waals surface area contributed by atoms with E-state index in [9.17, 15) is 19.2 Å². The van der Waals surface area contributed by atoms with E-state index in [1.54, 1.807) is 14.0 Å². The molecular formula is C31H30ClN3O7. The number of nitrogens with zero attached hydrogens (tertiary/aromatic N) is 2. The molecule has 0 amide bonds. The molecule has 2 aromatic carbocycles. The van der Waals surface area contributed by atoms with Gasteiger partial charge in [0.15, 0.2) is 5.75 Å². The highest BCUT2D eigenvalue weighted by Gasteiger charge is 2.63. The van der Waals surface area contributed by atoms with Crippen LogP contribution in [0.5, 0.6) is 17.2 Å². The maximum absolute atomic E-state index is 14.9. The van der Waals surface area contributed by atoms with Gasteiger partial charge >= 0.3 is 5.69 Å². The Morgan fingerprint density at radius 1 is 0.976 bits per heavy atom. The summed E-state index contributed by atoms with van der Waals surface area (Å²) in [5.74, 6) is -1.91. The van der Waals surface area contributed by atoms with E-state index in [1.807, 2.05) is 32.0 Å². The minimum absolute atomic E-state index is 0.0207. The largest absolute Gasteiger partial charge is 0.496 e. The Morgan fingerprint density at radius 2 is 1.67 bits per heavy atom. The third-order valence-corrected chi connectivity index (χ3v) is 9.30. The zero-order chi connectivity index (χ0) is 30.4. The van der Waals surface area contributed by atoms with Crippen LogP contribution in [-0.2, 0) is 18.9 Å². The SMILES string of the molecule is COc1cc(OC)c2c(c1Cl)O[C@@]1(C(=O)C3=C(C[C@H]1C)Nc1c(c(=O)n(C)c(=O)n1C)C3c1ccc(C)c(C)c1)C2=O. The molecule has 3 heterocycles. The molecular weight excluding hydrogens is 562 g/mol. The van der Waals surface area contributed by atoms with Gasteiger partial charge in [-0.25, -0.2) is 4.79 Å². The smallest absolute Gasteiger partial charge is 0.332 e. The monoisotopic (exact) mass is 591 g/mol. The highest BCUT2D eigenvalue weighted by Crippen LogP contribution is 2.56. The Kier molecular flexibility index (Phi) is 6.20. The molecule has 218 valence electrons. The fraction of sp³-hybridized carbons (Fsp3) is 0.355. The number of hydrogen-bond acceptors (Lipinski definition) is 8. The van der Waals surface area contributed by atoms with Crippen LogP contribution >= 0.6 is 11.6 Å². The third-order valence-electron chi connectivity index (χ3n) is 8.94. The number of carbonyl (C=O) groups is 2. The molecule has 0 fully saturated rings. The van der Waals surface area contributed by atoms with Gasteiger partial charge in [0, 0.05) is 43.3 Å². The number of methoxy groups -OCH3 is 2. The molecule has 11 heteroatoms. The van der Waals surface area contributed by atoms with Gasteiger partial charge in [-0.05, 0) is 37.0 Å². The number of benzene rings is 2. The zero-order valence-corrected chi connectivity index (χ0v) is 25.1. The van der Waals surface area contributed by atoms with Crippen molar-refractivity contribution in [2.45, 2.75) is 38.7 Å². The summed E-state index contributed by atoms with van der Waals surface area (Å²) in [6.07, 6.45) is 0.224. The van der Waals surface area contributed by atoms with Gasteiger partial charge in [-0.1, -0.05) is 36.7 Å². The summed E-state index contributed by atoms with van der Waals surface area (Å²) in [7, 11) is 5.82. The maximum Gasteiger partial charge on any atom is 0.332 e. The first-order valence-corrected chi connectivity index (χ1v) is 13.9. The quantitative estimate of drug-likeness (QED) is 0.457. The number of halogens is 1. The molecule has 2 aliphatic heterocycles. The van der Waals surface area contributed by atoms with Crippen molar-refractivity contribution in [3.63, 3.8) is 0 Å². The molecule has 1 spiro atoms. The van der Waals surface area contributed by atoms with Crippen molar-refractivity contribution in [2.24, 2.45) is 20.0 Å². The molecule has 3 atom stereocenters. The second-order valence-corrected chi connectivity index (χ2v) is 11.5. The van der Waals surface area contributed by atoms with Gasteiger partial charge in [-0.2, -0.15) is 0 Å². The number of nitrogens with one attached hydrogen (secondary N) is 1. The second kappa shape index (κ2) is 9.35. The van der Waals surface area contributed by atoms with Crippen molar-refractivity contribution in [1.82, 2.24) is 9.13 Å². The summed E-state index contributed by atoms with van der Waals surface area (Å²) >= 11 is 6.61. The average molecular weight is 592 g/mol. The molecule has 1 aliphatic carbocycles. The van der Waals surface area contributed by atoms with Gasteiger partial charge in [0.05, 0.1) is 19.8 Å². The van der Waals surface area contributed by atoms with Crippen LogP contribution in [0.15, 0.2) is 45.1 Å². The van der Waals surface area contributed by atoms with Gasteiger partial charge < -0.3 is 19.5 Å². The average Bonchev–Trinajstić information content (AvgIpc) is 3.29. The molecule has 3 aromatic rings. The molecule has 42 heavy (non-hydrogen) atoms. The maximum atomic E-state index is 14.9. The molecule has 0 saturated heterocycles. The van der Waals surface area contributed by atoms with Crippen molar-refractivity contribution in [1.29, 1.82) is 0 Å². The van der Waals surface area contributed by atoms with Crippen LogP contribution in [0.3, 0.4) is 0 Å². The molecule has 3 aliphatic rings. The van der Waals surface area contributed by atoms with Crippen LogP contribution in [0.25, 0.3) is 0 Å². The number of aromatic nitrogens is 2. The van der Waals surface area contributed by atoms with Gasteiger partial charge in [0.2, 0.25) is 17.2 Å². The number of carbonyl (C=O) groups excluding carboxylic acids is 2. The Morgan fingerprint density at radius 3 is 2.31 bits per heavy atom. The van der Waals surface area contributed by atoms with Crippen LogP contribution in [0.1, 0.15) is 51.9 Å². The number of ether oxygens (including phenoxy) is 3. The molecule has 0 radical (unpaired) electrons. The molecule has 10 nitrogen and oxygen atoms in total. The van der Waals surface area contributed by atoms with Crippen LogP contribution < -0.4 is 30.8 Å². The molecule has 6 rings (SSSR count). The highest BCUT2D eigenvalue weighted by atomic mass is 35.5. The summed E-state index contributed by atoms with van der Waals surface area (Å²) < 4.78 is 19.6. The lowest BCUT2D eigenvalue weighted by atomic mass is 9.65. The Hall–Kier alpha value is -4.31. The predicted octanol–water partition coefficient (Wildman–Crippen LogP) is 3.81. The summed E-state index contributed by atoms with van der Waals surface area (Å²) in [6, 6.07) is 7.21. The van der Waals surface area contributed by atoms with Crippen molar-refractivity contribution in [2.75, 3.05) is 19.5 Å². The summed E-state index contributed by atoms with van der Waals surface area (Å²) in [5, 5.41) is 3.28. The molecule has 1 N–H and O–H groups in total. The van der Waals surface area contributed by atoms with Crippen LogP contribution in [0.2, 0.25) is 5.02 Å². The van der Waals surface area contributed by atoms with Crippen molar-refractivity contribution < 1.29 is 23.8 Å². The number of ketones is 2. The van der Waals surface area contributed by atoms with Crippen molar-refractivity contribution >= 4 is 29.0 Å². The first-order chi connectivity index (χ1) is 19.9. The Balaban J connectivity index is 1.63. The molecule has 1 aromatic heterocycles. The zero-order valence-electron chi connectivity index (χ0n) is 24.3. The summed E-state index contributed by atoms with van der Waals surface area (Å²) in [4.78, 5) is 55.9. The Bertz CT molecular complexity index is 1900. The van der Waals surface area contributed by atoms with Crippen LogP contribution in [0.4, 0.5) is 5.82 Å².